The van der Waals surface area contributed by atoms with Crippen molar-refractivity contribution in [3.63, 3.8) is 0 Å². The summed E-state index contributed by atoms with van der Waals surface area (Å²) in [5.41, 5.74) is 6.55. The topological polar surface area (TPSA) is 96.0 Å². The van der Waals surface area contributed by atoms with E-state index in [0.29, 0.717) is 32.2 Å². The van der Waals surface area contributed by atoms with Gasteiger partial charge in [0.25, 0.3) is 7.28 Å². The van der Waals surface area contributed by atoms with E-state index in [1.807, 2.05) is 36.3 Å². The molecule has 0 saturated carbocycles. The Hall–Kier alpha value is -2.13. The number of carbonyl (C=O) groups excluding carboxylic acids is 2. The van der Waals surface area contributed by atoms with Crippen molar-refractivity contribution in [3.8, 4) is 5.97 Å². The van der Waals surface area contributed by atoms with E-state index in [9.17, 15) is 9.59 Å². The van der Waals surface area contributed by atoms with Crippen LogP contribution in [0.25, 0.3) is 0 Å². The van der Waals surface area contributed by atoms with Crippen LogP contribution in [0.15, 0.2) is 30.3 Å². The Morgan fingerprint density at radius 3 is 2.68 bits per heavy atom. The molecular formula is C16H21BN3O2. The second-order valence-electron chi connectivity index (χ2n) is 5.11. The minimum atomic E-state index is -0.542. The van der Waals surface area contributed by atoms with Gasteiger partial charge in [0.05, 0.1) is 6.04 Å². The predicted octanol–water partition coefficient (Wildman–Crippen LogP) is 1.02. The number of nitrogens with two attached hydrogens (primary N) is 1. The van der Waals surface area contributed by atoms with Gasteiger partial charge in [0.2, 0.25) is 5.91 Å². The lowest BCUT2D eigenvalue weighted by molar-refractivity contribution is -0.124. The monoisotopic (exact) mass is 298 g/mol. The second kappa shape index (κ2) is 10.6. The molecule has 0 aromatic heterocycles. The SMILES string of the molecule is N#C[B]C(CCCN)C(=O)NC(C=O)CCc1ccccc1. The molecule has 0 fully saturated rings. The van der Waals surface area contributed by atoms with Gasteiger partial charge < -0.3 is 15.8 Å². The molecule has 1 amide bonds. The maximum Gasteiger partial charge on any atom is 0.267 e. The maximum atomic E-state index is 12.1. The molecule has 1 rings (SSSR count). The zero-order valence-corrected chi connectivity index (χ0v) is 12.6. The largest absolute Gasteiger partial charge is 0.347 e. The van der Waals surface area contributed by atoms with Gasteiger partial charge >= 0.3 is 0 Å². The van der Waals surface area contributed by atoms with Crippen LogP contribution in [0.5, 0.6) is 0 Å². The predicted molar refractivity (Wildman–Crippen MR) is 86.2 cm³/mol. The lowest BCUT2D eigenvalue weighted by Gasteiger charge is -2.17. The summed E-state index contributed by atoms with van der Waals surface area (Å²) in [6.45, 7) is 0.466. The fourth-order valence-corrected chi connectivity index (χ4v) is 2.15. The first kappa shape index (κ1) is 17.9. The van der Waals surface area contributed by atoms with Crippen molar-refractivity contribution >= 4 is 19.5 Å². The molecule has 3 N–H and O–H groups in total. The van der Waals surface area contributed by atoms with Gasteiger partial charge in [0.15, 0.2) is 0 Å². The van der Waals surface area contributed by atoms with Gasteiger partial charge in [-0.1, -0.05) is 30.3 Å². The third-order valence-corrected chi connectivity index (χ3v) is 3.41. The van der Waals surface area contributed by atoms with Crippen LogP contribution in [0.1, 0.15) is 24.8 Å². The van der Waals surface area contributed by atoms with E-state index in [4.69, 9.17) is 11.0 Å². The molecule has 6 heteroatoms. The molecule has 22 heavy (non-hydrogen) atoms. The van der Waals surface area contributed by atoms with Gasteiger partial charge in [0.1, 0.15) is 6.29 Å². The highest BCUT2D eigenvalue weighted by molar-refractivity contribution is 6.52. The first-order valence-electron chi connectivity index (χ1n) is 7.44. The number of nitrogens with one attached hydrogen (secondary N) is 1. The van der Waals surface area contributed by atoms with Crippen molar-refractivity contribution in [3.05, 3.63) is 35.9 Å². The maximum absolute atomic E-state index is 12.1. The van der Waals surface area contributed by atoms with Crippen LogP contribution in [0.2, 0.25) is 5.82 Å². The van der Waals surface area contributed by atoms with Crippen molar-refractivity contribution < 1.29 is 9.59 Å². The van der Waals surface area contributed by atoms with E-state index >= 15 is 0 Å². The van der Waals surface area contributed by atoms with Crippen molar-refractivity contribution in [1.82, 2.24) is 5.32 Å². The first-order chi connectivity index (χ1) is 10.7. The normalized spacial score (nSPS) is 12.7. The summed E-state index contributed by atoms with van der Waals surface area (Å²) >= 11 is 0. The smallest absolute Gasteiger partial charge is 0.267 e. The number of nitrogens with zero attached hydrogens (tertiary/aromatic N) is 1. The number of rotatable bonds is 10. The molecule has 0 aliphatic heterocycles. The van der Waals surface area contributed by atoms with Gasteiger partial charge in [-0.15, -0.1) is 0 Å². The number of carbonyl (C=O) groups is 2. The Morgan fingerprint density at radius 2 is 2.09 bits per heavy atom. The van der Waals surface area contributed by atoms with Gasteiger partial charge in [0, 0.05) is 5.82 Å². The number of aldehydes is 1. The second-order valence-corrected chi connectivity index (χ2v) is 5.11. The van der Waals surface area contributed by atoms with Gasteiger partial charge in [-0.05, 0) is 43.8 Å². The van der Waals surface area contributed by atoms with Crippen molar-refractivity contribution in [2.24, 2.45) is 5.73 Å². The van der Waals surface area contributed by atoms with Crippen molar-refractivity contribution in [1.29, 1.82) is 5.26 Å². The number of aryl methyl sites for hydroxylation is 1. The molecule has 0 saturated heterocycles. The molecule has 115 valence electrons. The Kier molecular flexibility index (Phi) is 8.62. The molecule has 0 bridgehead atoms. The van der Waals surface area contributed by atoms with Crippen LogP contribution in [-0.4, -0.2) is 32.1 Å². The van der Waals surface area contributed by atoms with E-state index < -0.39 is 11.9 Å². The fourth-order valence-electron chi connectivity index (χ4n) is 2.15. The third kappa shape index (κ3) is 6.55. The molecule has 0 heterocycles. The Morgan fingerprint density at radius 1 is 1.36 bits per heavy atom. The number of hydrogen-bond donors (Lipinski definition) is 2. The summed E-state index contributed by atoms with van der Waals surface area (Å²) in [4.78, 5) is 23.3. The molecular weight excluding hydrogens is 277 g/mol. The molecule has 2 unspecified atom stereocenters. The molecule has 0 spiro atoms. The molecule has 2 atom stereocenters. The lowest BCUT2D eigenvalue weighted by atomic mass is 9.63. The summed E-state index contributed by atoms with van der Waals surface area (Å²) in [6.07, 6.45) is 3.16. The number of benzene rings is 1. The highest BCUT2D eigenvalue weighted by atomic mass is 16.2. The Labute approximate surface area is 132 Å². The highest BCUT2D eigenvalue weighted by Gasteiger charge is 2.21. The van der Waals surface area contributed by atoms with E-state index in [2.05, 4.69) is 5.32 Å². The summed E-state index contributed by atoms with van der Waals surface area (Å²) in [7, 11) is 1.30. The van der Waals surface area contributed by atoms with E-state index in [1.165, 1.54) is 7.28 Å². The third-order valence-electron chi connectivity index (χ3n) is 3.41. The molecule has 1 aromatic rings. The Balaban J connectivity index is 2.50. The summed E-state index contributed by atoms with van der Waals surface area (Å²) < 4.78 is 0. The van der Waals surface area contributed by atoms with Crippen LogP contribution in [0.3, 0.4) is 0 Å². The van der Waals surface area contributed by atoms with E-state index in [-0.39, 0.29) is 5.91 Å². The average molecular weight is 298 g/mol. The Bertz CT molecular complexity index is 502. The zero-order chi connectivity index (χ0) is 16.2. The molecule has 0 aliphatic carbocycles. The van der Waals surface area contributed by atoms with Crippen LogP contribution in [0.4, 0.5) is 0 Å². The number of amides is 1. The van der Waals surface area contributed by atoms with E-state index in [0.717, 1.165) is 11.8 Å². The van der Waals surface area contributed by atoms with Gasteiger partial charge in [-0.2, -0.15) is 0 Å². The minimum Gasteiger partial charge on any atom is -0.347 e. The van der Waals surface area contributed by atoms with Crippen molar-refractivity contribution in [2.45, 2.75) is 37.5 Å². The van der Waals surface area contributed by atoms with Crippen LogP contribution < -0.4 is 11.1 Å². The molecule has 1 aromatic carbocycles. The van der Waals surface area contributed by atoms with Crippen LogP contribution in [-0.2, 0) is 16.0 Å². The van der Waals surface area contributed by atoms with Gasteiger partial charge in [-0.25, -0.2) is 5.26 Å². The summed E-state index contributed by atoms with van der Waals surface area (Å²) in [5.74, 6) is 1.08. The highest BCUT2D eigenvalue weighted by Crippen LogP contribution is 2.12. The average Bonchev–Trinajstić information content (AvgIpc) is 2.56. The molecule has 5 nitrogen and oxygen atoms in total. The molecule has 1 radical (unpaired) electrons. The minimum absolute atomic E-state index is 0.292. The fraction of sp³-hybridized carbons (Fsp3) is 0.438. The standard InChI is InChI=1S/C16H21BN3O2/c18-10-4-7-15(17-12-19)16(22)20-14(11-21)9-8-13-5-2-1-3-6-13/h1-3,5-6,11,14-15H,4,7-10,18H2,(H,20,22). The zero-order valence-electron chi connectivity index (χ0n) is 12.6. The first-order valence-corrected chi connectivity index (χ1v) is 7.44. The lowest BCUT2D eigenvalue weighted by Crippen LogP contribution is -2.39. The molecule has 0 aliphatic rings. The van der Waals surface area contributed by atoms with Crippen LogP contribution in [0, 0.1) is 11.2 Å². The summed E-state index contributed by atoms with van der Waals surface area (Å²) in [5, 5.41) is 11.4. The van der Waals surface area contributed by atoms with E-state index in [1.54, 1.807) is 0 Å². The number of hydrogen-bond acceptors (Lipinski definition) is 4. The van der Waals surface area contributed by atoms with Crippen LogP contribution >= 0.6 is 0 Å². The van der Waals surface area contributed by atoms with Crippen molar-refractivity contribution in [2.75, 3.05) is 6.54 Å². The summed E-state index contributed by atoms with van der Waals surface area (Å²) in [6, 6.07) is 9.24. The quantitative estimate of drug-likeness (QED) is 0.498. The number of nitriles is 1. The van der Waals surface area contributed by atoms with Gasteiger partial charge in [-0.3, -0.25) is 4.79 Å².